The number of rotatable bonds is 5. The molecule has 76 valence electrons. The molecule has 1 aromatic heterocycles. The van der Waals surface area contributed by atoms with E-state index in [1.54, 1.807) is 10.9 Å². The van der Waals surface area contributed by atoms with Gasteiger partial charge in [0.25, 0.3) is 0 Å². The van der Waals surface area contributed by atoms with E-state index in [1.165, 1.54) is 0 Å². The average molecular weight is 196 g/mol. The van der Waals surface area contributed by atoms with Gasteiger partial charge in [0.15, 0.2) is 11.6 Å². The van der Waals surface area contributed by atoms with E-state index < -0.39 is 0 Å². The van der Waals surface area contributed by atoms with E-state index in [9.17, 15) is 9.59 Å². The van der Waals surface area contributed by atoms with Gasteiger partial charge in [-0.25, -0.2) is 4.98 Å². The second kappa shape index (κ2) is 4.40. The van der Waals surface area contributed by atoms with Crippen LogP contribution in [0.15, 0.2) is 6.33 Å². The maximum Gasteiger partial charge on any atom is 0.212 e. The molecule has 1 rings (SSSR count). The molecule has 0 fully saturated rings. The zero-order valence-corrected chi connectivity index (χ0v) is 8.02. The summed E-state index contributed by atoms with van der Waals surface area (Å²) in [4.78, 5) is 24.5. The Hall–Kier alpha value is -1.85. The van der Waals surface area contributed by atoms with Crippen molar-refractivity contribution in [3.8, 4) is 0 Å². The van der Waals surface area contributed by atoms with Crippen molar-refractivity contribution in [2.24, 2.45) is 0 Å². The SMILES string of the molecule is CC(C)n1cnc(NC=O)c1NC=O. The van der Waals surface area contributed by atoms with Gasteiger partial charge in [-0.2, -0.15) is 0 Å². The minimum atomic E-state index is 0.159. The first-order chi connectivity index (χ1) is 6.70. The molecule has 0 bridgehead atoms. The zero-order chi connectivity index (χ0) is 10.6. The molecule has 1 heterocycles. The van der Waals surface area contributed by atoms with Crippen LogP contribution in [0.4, 0.5) is 11.6 Å². The second-order valence-electron chi connectivity index (χ2n) is 2.97. The number of nitrogens with zero attached hydrogens (tertiary/aromatic N) is 2. The maximum atomic E-state index is 10.3. The highest BCUT2D eigenvalue weighted by Crippen LogP contribution is 2.22. The molecule has 2 amide bonds. The fourth-order valence-electron chi connectivity index (χ4n) is 1.11. The van der Waals surface area contributed by atoms with Crippen LogP contribution in [0.5, 0.6) is 0 Å². The van der Waals surface area contributed by atoms with Crippen LogP contribution in [-0.2, 0) is 9.59 Å². The summed E-state index contributed by atoms with van der Waals surface area (Å²) in [6.07, 6.45) is 2.62. The Morgan fingerprint density at radius 1 is 1.36 bits per heavy atom. The molecule has 6 heteroatoms. The van der Waals surface area contributed by atoms with Gasteiger partial charge >= 0.3 is 0 Å². The third-order valence-corrected chi connectivity index (χ3v) is 1.74. The number of carbonyl (C=O) groups is 2. The molecule has 0 aliphatic rings. The lowest BCUT2D eigenvalue weighted by Gasteiger charge is -2.10. The number of amides is 2. The molecular weight excluding hydrogens is 184 g/mol. The first-order valence-electron chi connectivity index (χ1n) is 4.18. The summed E-state index contributed by atoms with van der Waals surface area (Å²) < 4.78 is 1.75. The minimum Gasteiger partial charge on any atom is -0.313 e. The maximum absolute atomic E-state index is 10.3. The van der Waals surface area contributed by atoms with Crippen molar-refractivity contribution in [1.29, 1.82) is 0 Å². The van der Waals surface area contributed by atoms with Crippen LogP contribution in [0.25, 0.3) is 0 Å². The van der Waals surface area contributed by atoms with Gasteiger partial charge in [0.1, 0.15) is 0 Å². The number of aromatic nitrogens is 2. The van der Waals surface area contributed by atoms with Crippen LogP contribution in [0.2, 0.25) is 0 Å². The normalized spacial score (nSPS) is 9.93. The van der Waals surface area contributed by atoms with E-state index in [4.69, 9.17) is 0 Å². The molecule has 2 N–H and O–H groups in total. The highest BCUT2D eigenvalue weighted by atomic mass is 16.1. The van der Waals surface area contributed by atoms with Gasteiger partial charge in [0.2, 0.25) is 12.8 Å². The molecule has 0 saturated heterocycles. The monoisotopic (exact) mass is 196 g/mol. The van der Waals surface area contributed by atoms with Gasteiger partial charge in [-0.05, 0) is 13.8 Å². The summed E-state index contributed by atoms with van der Waals surface area (Å²) in [5.41, 5.74) is 0. The summed E-state index contributed by atoms with van der Waals surface area (Å²) in [5.74, 6) is 0.836. The van der Waals surface area contributed by atoms with Crippen molar-refractivity contribution in [3.63, 3.8) is 0 Å². The molecule has 0 aromatic carbocycles. The molecule has 0 aliphatic carbocycles. The van der Waals surface area contributed by atoms with Crippen molar-refractivity contribution < 1.29 is 9.59 Å². The van der Waals surface area contributed by atoms with Crippen molar-refractivity contribution in [2.75, 3.05) is 10.6 Å². The number of carbonyl (C=O) groups excluding carboxylic acids is 2. The smallest absolute Gasteiger partial charge is 0.212 e. The van der Waals surface area contributed by atoms with E-state index in [-0.39, 0.29) is 6.04 Å². The van der Waals surface area contributed by atoms with Gasteiger partial charge in [0, 0.05) is 6.04 Å². The molecule has 14 heavy (non-hydrogen) atoms. The van der Waals surface area contributed by atoms with Crippen LogP contribution in [0, 0.1) is 0 Å². The van der Waals surface area contributed by atoms with Crippen molar-refractivity contribution in [2.45, 2.75) is 19.9 Å². The third-order valence-electron chi connectivity index (χ3n) is 1.74. The third kappa shape index (κ3) is 1.90. The molecule has 0 aliphatic heterocycles. The topological polar surface area (TPSA) is 76.0 Å². The second-order valence-corrected chi connectivity index (χ2v) is 2.97. The number of hydrogen-bond donors (Lipinski definition) is 2. The molecule has 0 atom stereocenters. The van der Waals surface area contributed by atoms with E-state index in [0.717, 1.165) is 0 Å². The first kappa shape index (κ1) is 10.2. The lowest BCUT2D eigenvalue weighted by atomic mass is 10.4. The van der Waals surface area contributed by atoms with Crippen LogP contribution in [-0.4, -0.2) is 22.4 Å². The largest absolute Gasteiger partial charge is 0.313 e. The molecule has 0 spiro atoms. The van der Waals surface area contributed by atoms with E-state index >= 15 is 0 Å². The number of imidazole rings is 1. The van der Waals surface area contributed by atoms with Gasteiger partial charge in [0.05, 0.1) is 6.33 Å². The molecule has 0 unspecified atom stereocenters. The van der Waals surface area contributed by atoms with Crippen molar-refractivity contribution in [3.05, 3.63) is 6.33 Å². The van der Waals surface area contributed by atoms with Gasteiger partial charge in [-0.15, -0.1) is 0 Å². The fourth-order valence-corrected chi connectivity index (χ4v) is 1.11. The quantitative estimate of drug-likeness (QED) is 0.677. The summed E-state index contributed by atoms with van der Waals surface area (Å²) in [6.45, 7) is 3.89. The van der Waals surface area contributed by atoms with E-state index in [2.05, 4.69) is 15.6 Å². The number of hydrogen-bond acceptors (Lipinski definition) is 3. The highest BCUT2D eigenvalue weighted by molar-refractivity contribution is 5.82. The van der Waals surface area contributed by atoms with Gasteiger partial charge in [-0.1, -0.05) is 0 Å². The zero-order valence-electron chi connectivity index (χ0n) is 8.02. The van der Waals surface area contributed by atoms with Gasteiger partial charge in [-0.3, -0.25) is 9.59 Å². The summed E-state index contributed by atoms with van der Waals surface area (Å²) in [7, 11) is 0. The number of anilines is 2. The average Bonchev–Trinajstić information content (AvgIpc) is 2.50. The van der Waals surface area contributed by atoms with Gasteiger partial charge < -0.3 is 15.2 Å². The molecule has 0 radical (unpaired) electrons. The lowest BCUT2D eigenvalue weighted by Crippen LogP contribution is -2.08. The standard InChI is InChI=1S/C8H12N4O2/c1-6(2)12-3-9-7(10-4-13)8(12)11-5-14/h3-6H,1-2H3,(H,10,13)(H,11,14). The molecule has 1 aromatic rings. The summed E-state index contributed by atoms with van der Waals surface area (Å²) in [5, 5.41) is 4.89. The Morgan fingerprint density at radius 2 is 2.00 bits per heavy atom. The summed E-state index contributed by atoms with van der Waals surface area (Å²) >= 11 is 0. The first-order valence-corrected chi connectivity index (χ1v) is 4.18. The summed E-state index contributed by atoms with van der Waals surface area (Å²) in [6, 6.07) is 0.159. The van der Waals surface area contributed by atoms with Crippen LogP contribution < -0.4 is 10.6 Å². The fraction of sp³-hybridized carbons (Fsp3) is 0.375. The predicted octanol–water partition coefficient (Wildman–Crippen LogP) is 0.601. The Balaban J connectivity index is 3.05. The lowest BCUT2D eigenvalue weighted by molar-refractivity contribution is -0.106. The highest BCUT2D eigenvalue weighted by Gasteiger charge is 2.11. The van der Waals surface area contributed by atoms with Crippen molar-refractivity contribution in [1.82, 2.24) is 9.55 Å². The Kier molecular flexibility index (Phi) is 3.22. The van der Waals surface area contributed by atoms with Crippen LogP contribution in [0.1, 0.15) is 19.9 Å². The Morgan fingerprint density at radius 3 is 2.50 bits per heavy atom. The van der Waals surface area contributed by atoms with E-state index in [0.29, 0.717) is 24.5 Å². The predicted molar refractivity (Wildman–Crippen MR) is 52.0 cm³/mol. The van der Waals surface area contributed by atoms with Crippen molar-refractivity contribution >= 4 is 24.5 Å². The Bertz CT molecular complexity index is 332. The minimum absolute atomic E-state index is 0.159. The van der Waals surface area contributed by atoms with Crippen LogP contribution >= 0.6 is 0 Å². The van der Waals surface area contributed by atoms with E-state index in [1.807, 2.05) is 13.8 Å². The molecular formula is C8H12N4O2. The molecule has 0 saturated carbocycles. The Labute approximate surface area is 81.3 Å². The number of nitrogens with one attached hydrogen (secondary N) is 2. The molecule has 6 nitrogen and oxygen atoms in total. The van der Waals surface area contributed by atoms with Crippen LogP contribution in [0.3, 0.4) is 0 Å².